The number of hydrogen-bond acceptors (Lipinski definition) is 3. The standard InChI is InChI=1S/C15H21N3O2S/c1-16-10-14-9-15(12-17(14)2)21(19,20)18(3)11-13-7-5-4-6-8-13/h4-9,12,16H,10-11H2,1-3H3. The third-order valence-electron chi connectivity index (χ3n) is 3.40. The Balaban J connectivity index is 2.23. The molecular formula is C15H21N3O2S. The summed E-state index contributed by atoms with van der Waals surface area (Å²) in [6.07, 6.45) is 1.66. The maximum absolute atomic E-state index is 12.6. The van der Waals surface area contributed by atoms with Crippen LogP contribution >= 0.6 is 0 Å². The molecule has 0 spiro atoms. The van der Waals surface area contributed by atoms with Gasteiger partial charge in [0.1, 0.15) is 4.90 Å². The third kappa shape index (κ3) is 3.53. The molecule has 0 radical (unpaired) electrons. The summed E-state index contributed by atoms with van der Waals surface area (Å²) in [4.78, 5) is 0.327. The van der Waals surface area contributed by atoms with Gasteiger partial charge in [0.15, 0.2) is 0 Å². The van der Waals surface area contributed by atoms with E-state index >= 15 is 0 Å². The van der Waals surface area contributed by atoms with E-state index in [9.17, 15) is 8.42 Å². The van der Waals surface area contributed by atoms with E-state index in [1.807, 2.05) is 49.0 Å². The monoisotopic (exact) mass is 307 g/mol. The molecule has 0 amide bonds. The zero-order valence-electron chi connectivity index (χ0n) is 12.6. The van der Waals surface area contributed by atoms with Crippen molar-refractivity contribution in [1.82, 2.24) is 14.2 Å². The second-order valence-corrected chi connectivity index (χ2v) is 7.10. The van der Waals surface area contributed by atoms with Crippen LogP contribution in [0.2, 0.25) is 0 Å². The first kappa shape index (κ1) is 15.8. The Morgan fingerprint density at radius 2 is 1.90 bits per heavy atom. The molecule has 114 valence electrons. The van der Waals surface area contributed by atoms with Crippen LogP contribution in [-0.4, -0.2) is 31.4 Å². The third-order valence-corrected chi connectivity index (χ3v) is 5.17. The van der Waals surface area contributed by atoms with E-state index in [4.69, 9.17) is 0 Å². The van der Waals surface area contributed by atoms with Crippen molar-refractivity contribution < 1.29 is 8.42 Å². The van der Waals surface area contributed by atoms with Crippen molar-refractivity contribution in [2.45, 2.75) is 18.0 Å². The molecule has 1 N–H and O–H groups in total. The molecule has 2 aromatic rings. The largest absolute Gasteiger partial charge is 0.352 e. The summed E-state index contributed by atoms with van der Waals surface area (Å²) < 4.78 is 28.4. The molecule has 0 fully saturated rings. The zero-order valence-corrected chi connectivity index (χ0v) is 13.4. The number of benzene rings is 1. The Bertz CT molecular complexity index is 693. The van der Waals surface area contributed by atoms with Crippen LogP contribution in [0.5, 0.6) is 0 Å². The van der Waals surface area contributed by atoms with Crippen LogP contribution in [-0.2, 0) is 30.2 Å². The predicted octanol–water partition coefficient (Wildman–Crippen LogP) is 1.57. The number of rotatable bonds is 6. The predicted molar refractivity (Wildman–Crippen MR) is 83.3 cm³/mol. The van der Waals surface area contributed by atoms with Crippen LogP contribution in [0, 0.1) is 0 Å². The smallest absolute Gasteiger partial charge is 0.244 e. The van der Waals surface area contributed by atoms with Gasteiger partial charge < -0.3 is 9.88 Å². The van der Waals surface area contributed by atoms with Crippen molar-refractivity contribution in [1.29, 1.82) is 0 Å². The second-order valence-electron chi connectivity index (χ2n) is 5.06. The van der Waals surface area contributed by atoms with Crippen molar-refractivity contribution in [3.63, 3.8) is 0 Å². The summed E-state index contributed by atoms with van der Waals surface area (Å²) in [7, 11) is 1.82. The lowest BCUT2D eigenvalue weighted by Crippen LogP contribution is -2.26. The Morgan fingerprint density at radius 3 is 2.52 bits per heavy atom. The topological polar surface area (TPSA) is 54.3 Å². The molecule has 0 aliphatic rings. The zero-order chi connectivity index (χ0) is 15.5. The fourth-order valence-corrected chi connectivity index (χ4v) is 3.44. The average molecular weight is 307 g/mol. The van der Waals surface area contributed by atoms with Crippen LogP contribution in [0.25, 0.3) is 0 Å². The van der Waals surface area contributed by atoms with E-state index in [2.05, 4.69) is 5.32 Å². The fraction of sp³-hybridized carbons (Fsp3) is 0.333. The molecule has 5 nitrogen and oxygen atoms in total. The van der Waals surface area contributed by atoms with Crippen LogP contribution in [0.4, 0.5) is 0 Å². The lowest BCUT2D eigenvalue weighted by Gasteiger charge is -2.16. The van der Waals surface area contributed by atoms with Gasteiger partial charge in [-0.15, -0.1) is 0 Å². The van der Waals surface area contributed by atoms with Crippen LogP contribution in [0.3, 0.4) is 0 Å². The molecule has 1 aromatic heterocycles. The van der Waals surface area contributed by atoms with Gasteiger partial charge in [0.25, 0.3) is 0 Å². The highest BCUT2D eigenvalue weighted by Gasteiger charge is 2.23. The van der Waals surface area contributed by atoms with Gasteiger partial charge in [-0.3, -0.25) is 0 Å². The summed E-state index contributed by atoms with van der Waals surface area (Å²) in [6.45, 7) is 0.994. The molecule has 2 rings (SSSR count). The summed E-state index contributed by atoms with van der Waals surface area (Å²) in [5, 5.41) is 3.03. The minimum absolute atomic E-state index is 0.327. The maximum Gasteiger partial charge on any atom is 0.244 e. The molecule has 0 aliphatic heterocycles. The normalized spacial score (nSPS) is 12.0. The molecule has 21 heavy (non-hydrogen) atoms. The van der Waals surface area contributed by atoms with E-state index in [0.717, 1.165) is 11.3 Å². The molecule has 0 atom stereocenters. The van der Waals surface area contributed by atoms with Crippen molar-refractivity contribution in [3.8, 4) is 0 Å². The van der Waals surface area contributed by atoms with E-state index in [-0.39, 0.29) is 0 Å². The number of aryl methyl sites for hydroxylation is 1. The molecule has 1 heterocycles. The van der Waals surface area contributed by atoms with Crippen molar-refractivity contribution in [3.05, 3.63) is 53.9 Å². The van der Waals surface area contributed by atoms with Gasteiger partial charge in [-0.1, -0.05) is 30.3 Å². The molecule has 0 saturated heterocycles. The first-order valence-corrected chi connectivity index (χ1v) is 8.19. The lowest BCUT2D eigenvalue weighted by atomic mass is 10.2. The van der Waals surface area contributed by atoms with Gasteiger partial charge in [0.2, 0.25) is 10.0 Å². The molecule has 0 saturated carbocycles. The highest BCUT2D eigenvalue weighted by atomic mass is 32.2. The minimum Gasteiger partial charge on any atom is -0.352 e. The molecule has 1 aromatic carbocycles. The number of nitrogens with one attached hydrogen (secondary N) is 1. The van der Waals surface area contributed by atoms with Gasteiger partial charge in [0, 0.05) is 39.1 Å². The number of sulfonamides is 1. The van der Waals surface area contributed by atoms with E-state index in [1.165, 1.54) is 4.31 Å². The Morgan fingerprint density at radius 1 is 1.24 bits per heavy atom. The highest BCUT2D eigenvalue weighted by molar-refractivity contribution is 7.89. The minimum atomic E-state index is -3.47. The van der Waals surface area contributed by atoms with Gasteiger partial charge >= 0.3 is 0 Å². The van der Waals surface area contributed by atoms with Crippen LogP contribution in [0.1, 0.15) is 11.3 Å². The summed E-state index contributed by atoms with van der Waals surface area (Å²) in [6, 6.07) is 11.3. The van der Waals surface area contributed by atoms with Crippen LogP contribution in [0.15, 0.2) is 47.5 Å². The van der Waals surface area contributed by atoms with E-state index in [1.54, 1.807) is 19.3 Å². The van der Waals surface area contributed by atoms with E-state index in [0.29, 0.717) is 18.0 Å². The Hall–Kier alpha value is -1.63. The van der Waals surface area contributed by atoms with Gasteiger partial charge in [-0.25, -0.2) is 8.42 Å². The number of hydrogen-bond donors (Lipinski definition) is 1. The molecular weight excluding hydrogens is 286 g/mol. The summed E-state index contributed by atoms with van der Waals surface area (Å²) in [5.41, 5.74) is 1.90. The summed E-state index contributed by atoms with van der Waals surface area (Å²) >= 11 is 0. The Kier molecular flexibility index (Phi) is 4.82. The first-order valence-electron chi connectivity index (χ1n) is 6.75. The molecule has 0 unspecified atom stereocenters. The maximum atomic E-state index is 12.6. The lowest BCUT2D eigenvalue weighted by molar-refractivity contribution is 0.466. The molecule has 0 bridgehead atoms. The molecule has 0 aliphatic carbocycles. The van der Waals surface area contributed by atoms with Gasteiger partial charge in [0.05, 0.1) is 0 Å². The quantitative estimate of drug-likeness (QED) is 0.881. The Labute approximate surface area is 126 Å². The number of aromatic nitrogens is 1. The van der Waals surface area contributed by atoms with Gasteiger partial charge in [-0.2, -0.15) is 4.31 Å². The second kappa shape index (κ2) is 6.43. The van der Waals surface area contributed by atoms with Crippen molar-refractivity contribution >= 4 is 10.0 Å². The van der Waals surface area contributed by atoms with E-state index < -0.39 is 10.0 Å². The van der Waals surface area contributed by atoms with Crippen LogP contribution < -0.4 is 5.32 Å². The van der Waals surface area contributed by atoms with Gasteiger partial charge in [-0.05, 0) is 18.7 Å². The number of nitrogens with zero attached hydrogens (tertiary/aromatic N) is 2. The fourth-order valence-electron chi connectivity index (χ4n) is 2.18. The molecule has 6 heteroatoms. The average Bonchev–Trinajstić information content (AvgIpc) is 2.82. The van der Waals surface area contributed by atoms with Crippen molar-refractivity contribution in [2.24, 2.45) is 7.05 Å². The SMILES string of the molecule is CNCc1cc(S(=O)(=O)N(C)Cc2ccccc2)cn1C. The highest BCUT2D eigenvalue weighted by Crippen LogP contribution is 2.19. The van der Waals surface area contributed by atoms with Crippen molar-refractivity contribution in [2.75, 3.05) is 14.1 Å². The first-order chi connectivity index (χ1) is 9.95. The summed E-state index contributed by atoms with van der Waals surface area (Å²) in [5.74, 6) is 0.